The molecule has 4 saturated heterocycles. The van der Waals surface area contributed by atoms with E-state index in [2.05, 4.69) is 10.6 Å². The average molecular weight is 701 g/mol. The van der Waals surface area contributed by atoms with Crippen molar-refractivity contribution in [1.82, 2.24) is 20.4 Å². The van der Waals surface area contributed by atoms with E-state index < -0.39 is 57.4 Å². The highest BCUT2D eigenvalue weighted by Gasteiger charge is 2.65. The lowest BCUT2D eigenvalue weighted by atomic mass is 9.96. The minimum atomic E-state index is -1.03. The first-order valence-electron chi connectivity index (χ1n) is 15.0. The fraction of sp³-hybridized carbons (Fsp3) is 0.438. The molecule has 0 aliphatic carbocycles. The molecule has 6 atom stereocenters. The molecule has 2 unspecified atom stereocenters. The molecule has 6 rings (SSSR count). The van der Waals surface area contributed by atoms with Crippen LogP contribution in [0, 0.1) is 0 Å². The number of nitrogens with one attached hydrogen (secondary N) is 2. The number of thioether (sulfide) groups is 2. The summed E-state index contributed by atoms with van der Waals surface area (Å²) >= 11 is 2.78. The largest absolute Gasteiger partial charge is 0.484 e. The number of carbonyl (C=O) groups excluding carboxylic acids is 4. The number of β-lactam (4-membered cyclic amide) rings is 2. The zero-order chi connectivity index (χ0) is 35.0. The number of carboxylic acids is 2. The van der Waals surface area contributed by atoms with Crippen molar-refractivity contribution in [3.63, 3.8) is 0 Å². The Balaban J connectivity index is 0.000000188. The lowest BCUT2D eigenvalue weighted by molar-refractivity contribution is -0.161. The molecule has 0 bridgehead atoms. The van der Waals surface area contributed by atoms with Crippen molar-refractivity contribution in [2.45, 2.75) is 72.1 Å². The quantitative estimate of drug-likeness (QED) is 0.261. The molecule has 16 heteroatoms. The van der Waals surface area contributed by atoms with Gasteiger partial charge in [0.2, 0.25) is 11.8 Å². The normalized spacial score (nSPS) is 27.2. The summed E-state index contributed by atoms with van der Waals surface area (Å²) in [4.78, 5) is 74.0. The molecule has 0 radical (unpaired) electrons. The van der Waals surface area contributed by atoms with E-state index in [1.165, 1.54) is 33.3 Å². The van der Waals surface area contributed by atoms with Gasteiger partial charge in [0.05, 0.1) is 0 Å². The highest BCUT2D eigenvalue weighted by molar-refractivity contribution is 8.02. The van der Waals surface area contributed by atoms with Crippen LogP contribution in [0.3, 0.4) is 0 Å². The lowest BCUT2D eigenvalue weighted by Gasteiger charge is -2.43. The molecular weight excluding hydrogens is 665 g/mol. The van der Waals surface area contributed by atoms with Gasteiger partial charge >= 0.3 is 11.9 Å². The Morgan fingerprint density at radius 3 is 1.31 bits per heavy atom. The SMILES string of the molecule is CC1(C)S[C@H]2[C@H](NC(=O)COc3ccccc3)C(=O)N2C1C(=O)O.CC1(C)S[C@H]2[C@H](NC(=O)COc3ccccc3)C(=O)N2C1C(=O)O. The first-order valence-corrected chi connectivity index (χ1v) is 16.8. The van der Waals surface area contributed by atoms with E-state index in [0.717, 1.165) is 0 Å². The van der Waals surface area contributed by atoms with Crippen LogP contribution in [0.4, 0.5) is 0 Å². The smallest absolute Gasteiger partial charge is 0.327 e. The zero-order valence-electron chi connectivity index (χ0n) is 26.5. The number of nitrogens with zero attached hydrogens (tertiary/aromatic N) is 2. The Morgan fingerprint density at radius 2 is 1.00 bits per heavy atom. The van der Waals surface area contributed by atoms with Crippen LogP contribution in [0.25, 0.3) is 0 Å². The molecule has 4 amide bonds. The first-order chi connectivity index (χ1) is 22.6. The molecule has 4 aliphatic rings. The number of hydrogen-bond donors (Lipinski definition) is 4. The molecule has 0 saturated carbocycles. The number of carbonyl (C=O) groups is 6. The van der Waals surface area contributed by atoms with Gasteiger partial charge in [-0.05, 0) is 52.0 Å². The van der Waals surface area contributed by atoms with E-state index in [1.807, 2.05) is 12.1 Å². The third-order valence-electron chi connectivity index (χ3n) is 8.21. The molecule has 4 N–H and O–H groups in total. The van der Waals surface area contributed by atoms with Crippen LogP contribution in [-0.2, 0) is 28.8 Å². The van der Waals surface area contributed by atoms with Crippen LogP contribution >= 0.6 is 23.5 Å². The Bertz CT molecular complexity index is 1470. The third-order valence-corrected chi connectivity index (χ3v) is 11.4. The summed E-state index contributed by atoms with van der Waals surface area (Å²) in [7, 11) is 0. The van der Waals surface area contributed by atoms with Gasteiger partial charge in [-0.25, -0.2) is 9.59 Å². The van der Waals surface area contributed by atoms with Gasteiger partial charge in [-0.15, -0.1) is 23.5 Å². The number of fused-ring (bicyclic) bond motifs is 2. The van der Waals surface area contributed by atoms with Gasteiger partial charge < -0.3 is 40.1 Å². The molecule has 4 heterocycles. The van der Waals surface area contributed by atoms with Crippen LogP contribution in [-0.4, -0.2) is 113 Å². The van der Waals surface area contributed by atoms with Crippen molar-refractivity contribution in [3.05, 3.63) is 60.7 Å². The van der Waals surface area contributed by atoms with Crippen LogP contribution in [0.2, 0.25) is 0 Å². The van der Waals surface area contributed by atoms with Crippen molar-refractivity contribution in [2.24, 2.45) is 0 Å². The van der Waals surface area contributed by atoms with Crippen LogP contribution in [0.15, 0.2) is 60.7 Å². The summed E-state index contributed by atoms with van der Waals surface area (Å²) in [5, 5.41) is 23.3. The van der Waals surface area contributed by atoms with Crippen molar-refractivity contribution in [3.8, 4) is 11.5 Å². The maximum absolute atomic E-state index is 12.2. The summed E-state index contributed by atoms with van der Waals surface area (Å²) in [5.41, 5.74) is 0. The Labute approximate surface area is 284 Å². The minimum Gasteiger partial charge on any atom is -0.484 e. The second-order valence-corrected chi connectivity index (χ2v) is 16.0. The van der Waals surface area contributed by atoms with Gasteiger partial charge in [-0.3, -0.25) is 19.2 Å². The van der Waals surface area contributed by atoms with Gasteiger partial charge in [-0.2, -0.15) is 0 Å². The topological polar surface area (TPSA) is 192 Å². The number of aliphatic carboxylic acids is 2. The molecule has 0 spiro atoms. The Morgan fingerprint density at radius 1 is 0.667 bits per heavy atom. The van der Waals surface area contributed by atoms with E-state index in [9.17, 15) is 39.0 Å². The van der Waals surface area contributed by atoms with E-state index in [0.29, 0.717) is 11.5 Å². The standard InChI is InChI=1S/2C16H18N2O5S/c2*1-16(2)12(15(21)22)18-13(20)11(14(18)24-16)17-10(19)8-23-9-6-4-3-5-7-9/h2*3-7,11-12,14H,8H2,1-2H3,(H,17,19)(H,21,22)/t2*11-,12?,14+/m11/s1. The highest BCUT2D eigenvalue weighted by Crippen LogP contribution is 2.51. The fourth-order valence-corrected chi connectivity index (χ4v) is 9.30. The van der Waals surface area contributed by atoms with Crippen molar-refractivity contribution in [2.75, 3.05) is 13.2 Å². The molecule has 4 fully saturated rings. The molecule has 256 valence electrons. The Kier molecular flexibility index (Phi) is 9.87. The number of ether oxygens (including phenoxy) is 2. The van der Waals surface area contributed by atoms with Gasteiger partial charge in [0.1, 0.15) is 46.4 Å². The number of benzene rings is 2. The maximum atomic E-state index is 12.2. The summed E-state index contributed by atoms with van der Waals surface area (Å²) in [6.45, 7) is 6.77. The number of hydrogen-bond acceptors (Lipinski definition) is 10. The van der Waals surface area contributed by atoms with Gasteiger partial charge in [-0.1, -0.05) is 36.4 Å². The van der Waals surface area contributed by atoms with Gasteiger partial charge in [0, 0.05) is 9.49 Å². The van der Waals surface area contributed by atoms with Crippen molar-refractivity contribution in [1.29, 1.82) is 0 Å². The van der Waals surface area contributed by atoms with E-state index in [-0.39, 0.29) is 35.8 Å². The molecule has 48 heavy (non-hydrogen) atoms. The summed E-state index contributed by atoms with van der Waals surface area (Å²) in [5.74, 6) is -2.46. The first kappa shape index (κ1) is 34.9. The predicted molar refractivity (Wildman–Crippen MR) is 175 cm³/mol. The van der Waals surface area contributed by atoms with E-state index in [1.54, 1.807) is 76.2 Å². The predicted octanol–water partition coefficient (Wildman–Crippen LogP) is 1.39. The number of amides is 4. The van der Waals surface area contributed by atoms with Gasteiger partial charge in [0.15, 0.2) is 13.2 Å². The van der Waals surface area contributed by atoms with E-state index >= 15 is 0 Å². The molecule has 2 aromatic rings. The Hall–Kier alpha value is -4.44. The second-order valence-electron chi connectivity index (χ2n) is 12.5. The number of rotatable bonds is 10. The van der Waals surface area contributed by atoms with E-state index in [4.69, 9.17) is 9.47 Å². The van der Waals surface area contributed by atoms with Crippen LogP contribution < -0.4 is 20.1 Å². The third kappa shape index (κ3) is 6.90. The van der Waals surface area contributed by atoms with Crippen LogP contribution in [0.5, 0.6) is 11.5 Å². The minimum absolute atomic E-state index is 0.197. The summed E-state index contributed by atoms with van der Waals surface area (Å²) < 4.78 is 9.48. The van der Waals surface area contributed by atoms with Crippen molar-refractivity contribution >= 4 is 59.1 Å². The second kappa shape index (κ2) is 13.6. The molecule has 14 nitrogen and oxygen atoms in total. The van der Waals surface area contributed by atoms with Crippen LogP contribution in [0.1, 0.15) is 27.7 Å². The molecule has 4 aliphatic heterocycles. The number of para-hydroxylation sites is 2. The lowest BCUT2D eigenvalue weighted by Crippen LogP contribution is -2.70. The maximum Gasteiger partial charge on any atom is 0.327 e. The van der Waals surface area contributed by atoms with Crippen molar-refractivity contribution < 1.29 is 48.5 Å². The molecule has 0 aromatic heterocycles. The fourth-order valence-electron chi connectivity index (χ4n) is 6.05. The summed E-state index contributed by atoms with van der Waals surface area (Å²) in [6.07, 6.45) is 0. The summed E-state index contributed by atoms with van der Waals surface area (Å²) in [6, 6.07) is 14.6. The zero-order valence-corrected chi connectivity index (χ0v) is 28.2. The van der Waals surface area contributed by atoms with Gasteiger partial charge in [0.25, 0.3) is 11.8 Å². The molecule has 2 aromatic carbocycles. The molecular formula is C32H36N4O10S2. The highest BCUT2D eigenvalue weighted by atomic mass is 32.2. The number of carboxylic acid groups (broad SMARTS) is 2. The average Bonchev–Trinajstić information content (AvgIpc) is 3.46. The monoisotopic (exact) mass is 700 g/mol.